The van der Waals surface area contributed by atoms with Crippen LogP contribution < -0.4 is 0 Å². The molecule has 0 bridgehead atoms. The van der Waals surface area contributed by atoms with Gasteiger partial charge in [0.05, 0.1) is 17.4 Å². The second-order valence-corrected chi connectivity index (χ2v) is 17.3. The smallest absolute Gasteiger partial charge is 0.410 e. The van der Waals surface area contributed by atoms with Crippen molar-refractivity contribution in [2.75, 3.05) is 52.4 Å². The number of cyclic esters (lactones) is 1. The van der Waals surface area contributed by atoms with E-state index in [4.69, 9.17) is 9.47 Å². The number of benzene rings is 1. The summed E-state index contributed by atoms with van der Waals surface area (Å²) in [4.78, 5) is 55.4. The number of aliphatic hydroxyl groups is 1. The number of hydrogen-bond acceptors (Lipinski definition) is 10. The van der Waals surface area contributed by atoms with Crippen molar-refractivity contribution < 1.29 is 42.2 Å². The molecule has 4 heterocycles. The normalized spacial score (nSPS) is 26.6. The van der Waals surface area contributed by atoms with Gasteiger partial charge < -0.3 is 19.5 Å². The van der Waals surface area contributed by atoms with Crippen molar-refractivity contribution in [2.45, 2.75) is 102 Å². The van der Waals surface area contributed by atoms with E-state index >= 15 is 0 Å². The topological polar surface area (TPSA) is 154 Å². The lowest BCUT2D eigenvalue weighted by molar-refractivity contribution is -0.151. The molecule has 4 aliphatic rings. The molecule has 2 saturated heterocycles. The van der Waals surface area contributed by atoms with Crippen molar-refractivity contribution in [1.82, 2.24) is 19.0 Å². The number of hydrogen-bond donors (Lipinski definition) is 1. The van der Waals surface area contributed by atoms with Crippen LogP contribution in [0.5, 0.6) is 0 Å². The van der Waals surface area contributed by atoms with E-state index in [0.717, 1.165) is 58.2 Å². The maximum atomic E-state index is 13.4. The third-order valence-electron chi connectivity index (χ3n) is 11.0. The Labute approximate surface area is 326 Å². The lowest BCUT2D eigenvalue weighted by Gasteiger charge is -2.35. The summed E-state index contributed by atoms with van der Waals surface area (Å²) in [6, 6.07) is 6.77. The Hall–Kier alpha value is -3.85. The Balaban J connectivity index is 1.16. The van der Waals surface area contributed by atoms with E-state index in [9.17, 15) is 32.7 Å². The Kier molecular flexibility index (Phi) is 15.3. The molecule has 0 aromatic heterocycles. The predicted octanol–water partition coefficient (Wildman–Crippen LogP) is 4.77. The van der Waals surface area contributed by atoms with Crippen LogP contribution in [0.15, 0.2) is 59.0 Å². The quantitative estimate of drug-likeness (QED) is 0.136. The van der Waals surface area contributed by atoms with E-state index in [1.54, 1.807) is 23.1 Å². The molecule has 1 N–H and O–H groups in total. The van der Waals surface area contributed by atoms with Crippen LogP contribution in [-0.4, -0.2) is 127 Å². The number of aliphatic hydroxyl groups excluding tert-OH is 1. The highest BCUT2D eigenvalue weighted by Crippen LogP contribution is 2.27. The van der Waals surface area contributed by atoms with Crippen LogP contribution in [0.4, 0.5) is 4.79 Å². The number of amides is 3. The second-order valence-electron chi connectivity index (χ2n) is 15.4. The first kappa shape index (κ1) is 42.3. The summed E-state index contributed by atoms with van der Waals surface area (Å²) in [5.74, 6) is -1.43. The minimum absolute atomic E-state index is 0.118. The minimum atomic E-state index is -3.61. The summed E-state index contributed by atoms with van der Waals surface area (Å²) in [6.07, 6.45) is 11.8. The highest BCUT2D eigenvalue weighted by Gasteiger charge is 2.31. The number of piperazine rings is 1. The van der Waals surface area contributed by atoms with Crippen LogP contribution in [0.3, 0.4) is 0 Å². The molecule has 55 heavy (non-hydrogen) atoms. The fourth-order valence-electron chi connectivity index (χ4n) is 7.59. The number of unbranched alkanes of at least 4 members (excludes halogenated alkanes) is 3. The largest absolute Gasteiger partial charge is 0.457 e. The van der Waals surface area contributed by atoms with Crippen LogP contribution in [0.2, 0.25) is 0 Å². The average Bonchev–Trinajstić information content (AvgIpc) is 3.83. The molecule has 3 amide bonds. The van der Waals surface area contributed by atoms with Gasteiger partial charge in [-0.15, -0.1) is 0 Å². The van der Waals surface area contributed by atoms with Gasteiger partial charge in [-0.05, 0) is 87.3 Å². The molecule has 13 nitrogen and oxygen atoms in total. The summed E-state index contributed by atoms with van der Waals surface area (Å²) in [5.41, 5.74) is 1.37. The molecule has 1 aromatic rings. The first-order valence-electron chi connectivity index (χ1n) is 19.9. The highest BCUT2D eigenvalue weighted by atomic mass is 32.2. The Morgan fingerprint density at radius 2 is 1.58 bits per heavy atom. The van der Waals surface area contributed by atoms with Gasteiger partial charge in [-0.25, -0.2) is 13.2 Å². The molecule has 1 aromatic carbocycles. The minimum Gasteiger partial charge on any atom is -0.457 e. The Morgan fingerprint density at radius 3 is 2.27 bits per heavy atom. The van der Waals surface area contributed by atoms with Crippen molar-refractivity contribution in [3.05, 3.63) is 59.7 Å². The first-order valence-corrected chi connectivity index (χ1v) is 21.3. The molecule has 0 aliphatic carbocycles. The van der Waals surface area contributed by atoms with Gasteiger partial charge in [-0.2, -0.15) is 4.31 Å². The third kappa shape index (κ3) is 11.8. The number of carbonyl (C=O) groups excluding carboxylic acids is 4. The van der Waals surface area contributed by atoms with Gasteiger partial charge in [0.2, 0.25) is 10.0 Å². The molecule has 2 fully saturated rings. The van der Waals surface area contributed by atoms with E-state index in [2.05, 4.69) is 4.90 Å². The van der Waals surface area contributed by atoms with Crippen molar-refractivity contribution >= 4 is 40.0 Å². The van der Waals surface area contributed by atoms with E-state index in [0.29, 0.717) is 56.7 Å². The van der Waals surface area contributed by atoms with E-state index in [1.807, 2.05) is 45.1 Å². The number of esters is 1. The zero-order valence-corrected chi connectivity index (χ0v) is 33.3. The van der Waals surface area contributed by atoms with Gasteiger partial charge in [0.15, 0.2) is 0 Å². The lowest BCUT2D eigenvalue weighted by atomic mass is 9.91. The summed E-state index contributed by atoms with van der Waals surface area (Å²) < 4.78 is 40.0. The molecule has 14 heteroatoms. The van der Waals surface area contributed by atoms with Crippen LogP contribution in [0.25, 0.3) is 6.08 Å². The Morgan fingerprint density at radius 1 is 0.909 bits per heavy atom. The van der Waals surface area contributed by atoms with Crippen molar-refractivity contribution in [1.29, 1.82) is 0 Å². The van der Waals surface area contributed by atoms with Crippen molar-refractivity contribution in [2.24, 2.45) is 11.8 Å². The monoisotopic (exact) mass is 782 g/mol. The van der Waals surface area contributed by atoms with Gasteiger partial charge in [0.1, 0.15) is 12.2 Å². The van der Waals surface area contributed by atoms with Crippen molar-refractivity contribution in [3.8, 4) is 0 Å². The highest BCUT2D eigenvalue weighted by molar-refractivity contribution is 7.89. The number of imide groups is 1. The van der Waals surface area contributed by atoms with Gasteiger partial charge in [0.25, 0.3) is 11.8 Å². The molecular formula is C41H58N4O9S. The second kappa shape index (κ2) is 19.8. The zero-order valence-electron chi connectivity index (χ0n) is 32.5. The summed E-state index contributed by atoms with van der Waals surface area (Å²) in [7, 11) is -3.61. The Bertz CT molecular complexity index is 1690. The number of carbonyl (C=O) groups is 4. The first-order chi connectivity index (χ1) is 26.3. The zero-order chi connectivity index (χ0) is 39.5. The van der Waals surface area contributed by atoms with Crippen LogP contribution in [-0.2, 0) is 33.9 Å². The lowest BCUT2D eigenvalue weighted by Crippen LogP contribution is -2.49. The molecule has 302 valence electrons. The number of ether oxygens (including phenoxy) is 2. The summed E-state index contributed by atoms with van der Waals surface area (Å²) >= 11 is 0. The average molecular weight is 783 g/mol. The fraction of sp³-hybridized carbons (Fsp3) is 0.610. The predicted molar refractivity (Wildman–Crippen MR) is 208 cm³/mol. The summed E-state index contributed by atoms with van der Waals surface area (Å²) in [6.45, 7) is 10.7. The number of nitrogens with zero attached hydrogens (tertiary/aromatic N) is 4. The SMILES string of the molecule is C/C(=C\c1cccc(S(=O)(=O)N2CCCC2)c1)[C@H]1OC(=O)C[C@H](O)CC[C@H](C)[C@@H](OC(=O)N2CCN(CCCCCCN3C(=O)C=CC3=O)CC2)C=C[C@@H]1C. The van der Waals surface area contributed by atoms with E-state index < -0.39 is 34.3 Å². The van der Waals surface area contributed by atoms with Crippen LogP contribution in [0, 0.1) is 11.8 Å². The van der Waals surface area contributed by atoms with Gasteiger partial charge in [0, 0.05) is 63.9 Å². The van der Waals surface area contributed by atoms with Crippen LogP contribution >= 0.6 is 0 Å². The van der Waals surface area contributed by atoms with Gasteiger partial charge in [-0.1, -0.05) is 51.0 Å². The molecule has 0 saturated carbocycles. The number of sulfonamides is 1. The maximum Gasteiger partial charge on any atom is 0.410 e. The molecule has 0 spiro atoms. The number of rotatable bonds is 12. The van der Waals surface area contributed by atoms with Crippen molar-refractivity contribution in [3.63, 3.8) is 0 Å². The maximum absolute atomic E-state index is 13.4. The molecule has 5 atom stereocenters. The molecule has 0 unspecified atom stereocenters. The molecule has 0 radical (unpaired) electrons. The van der Waals surface area contributed by atoms with E-state index in [1.165, 1.54) is 21.4 Å². The van der Waals surface area contributed by atoms with E-state index in [-0.39, 0.29) is 41.1 Å². The third-order valence-corrected chi connectivity index (χ3v) is 12.9. The standard InChI is InChI=1S/C41H58N4O9S/c1-30-13-15-34(46)29-39(49)54-40(32(3)27-33-11-10-12-35(28-33)55(51,52)44-20-8-9-21-44)31(2)14-16-36(30)53-41(50)43-25-23-42(24-26-43)19-6-4-5-7-22-45-37(47)17-18-38(45)48/h10-12,14,16-18,27-28,30-31,34,36,40,46H,4-9,13,15,19-26,29H2,1-3H3/b16-14?,32-27+/t30-,31-,34+,36-,40-/m0/s1. The summed E-state index contributed by atoms with van der Waals surface area (Å²) in [5, 5.41) is 10.7. The fourth-order valence-corrected chi connectivity index (χ4v) is 9.16. The van der Waals surface area contributed by atoms with Gasteiger partial charge >= 0.3 is 12.1 Å². The van der Waals surface area contributed by atoms with Gasteiger partial charge in [-0.3, -0.25) is 24.2 Å². The molecular weight excluding hydrogens is 725 g/mol. The molecule has 5 rings (SSSR count). The van der Waals surface area contributed by atoms with Crippen LogP contribution in [0.1, 0.15) is 84.1 Å². The molecule has 4 aliphatic heterocycles.